The largest absolute Gasteiger partial charge is 0.482 e. The number of carboxylic acid groups (broad SMARTS) is 1. The third kappa shape index (κ3) is 8.15. The molecule has 3 aromatic carbocycles. The molecule has 0 unspecified atom stereocenters. The number of ether oxygens (including phenoxy) is 2. The van der Waals surface area contributed by atoms with Crippen LogP contribution in [-0.4, -0.2) is 51.5 Å². The van der Waals surface area contributed by atoms with Gasteiger partial charge in [-0.25, -0.2) is 14.8 Å². The Balaban J connectivity index is 1.54. The molecule has 2 aromatic heterocycles. The van der Waals surface area contributed by atoms with Gasteiger partial charge in [-0.15, -0.1) is 0 Å². The van der Waals surface area contributed by atoms with Gasteiger partial charge in [-0.2, -0.15) is 0 Å². The van der Waals surface area contributed by atoms with E-state index in [4.69, 9.17) is 47.8 Å². The molecular formula is C34H34Cl2N4O4Si. The minimum Gasteiger partial charge on any atom is -0.482 e. The first-order chi connectivity index (χ1) is 21.5. The fraction of sp³-hybridized carbons (Fsp3) is 0.265. The highest BCUT2D eigenvalue weighted by molar-refractivity contribution is 6.76. The lowest BCUT2D eigenvalue weighted by Gasteiger charge is -2.16. The zero-order valence-electron chi connectivity index (χ0n) is 25.6. The van der Waals surface area contributed by atoms with Crippen LogP contribution in [0.25, 0.3) is 33.9 Å². The highest BCUT2D eigenvalue weighted by atomic mass is 35.5. The normalized spacial score (nSPS) is 11.4. The molecule has 5 rings (SSSR count). The van der Waals surface area contributed by atoms with Gasteiger partial charge in [-0.3, -0.25) is 4.57 Å². The van der Waals surface area contributed by atoms with Crippen LogP contribution in [0.5, 0.6) is 5.75 Å². The Kier molecular flexibility index (Phi) is 10.00. The van der Waals surface area contributed by atoms with E-state index in [1.807, 2.05) is 41.1 Å². The number of aryl methyl sites for hydroxylation is 1. The van der Waals surface area contributed by atoms with Gasteiger partial charge in [0.15, 0.2) is 18.3 Å². The van der Waals surface area contributed by atoms with E-state index in [9.17, 15) is 4.79 Å². The molecule has 0 atom stereocenters. The molecule has 0 fully saturated rings. The first-order valence-electron chi connectivity index (χ1n) is 14.6. The molecule has 0 spiro atoms. The molecule has 0 saturated carbocycles. The summed E-state index contributed by atoms with van der Waals surface area (Å²) < 4.78 is 15.6. The van der Waals surface area contributed by atoms with E-state index < -0.39 is 20.7 Å². The molecule has 0 saturated heterocycles. The highest BCUT2D eigenvalue weighted by Gasteiger charge is 2.21. The second-order valence-corrected chi connectivity index (χ2v) is 18.2. The van der Waals surface area contributed by atoms with Crippen LogP contribution in [0.3, 0.4) is 0 Å². The number of halogens is 2. The van der Waals surface area contributed by atoms with Gasteiger partial charge in [0.05, 0.1) is 21.7 Å². The van der Waals surface area contributed by atoms with Crippen molar-refractivity contribution in [2.45, 2.75) is 45.9 Å². The molecule has 45 heavy (non-hydrogen) atoms. The Morgan fingerprint density at radius 1 is 0.978 bits per heavy atom. The summed E-state index contributed by atoms with van der Waals surface area (Å²) in [6.07, 6.45) is 1.98. The van der Waals surface area contributed by atoms with Gasteiger partial charge >= 0.3 is 5.97 Å². The van der Waals surface area contributed by atoms with E-state index in [1.165, 1.54) is 0 Å². The summed E-state index contributed by atoms with van der Waals surface area (Å²) in [5.41, 5.74) is 4.69. The Hall–Kier alpha value is -4.07. The number of rotatable bonds is 11. The summed E-state index contributed by atoms with van der Waals surface area (Å²) in [5.74, 6) is 7.18. The van der Waals surface area contributed by atoms with Gasteiger partial charge in [0.1, 0.15) is 12.5 Å². The molecule has 5 aromatic rings. The lowest BCUT2D eigenvalue weighted by Crippen LogP contribution is -2.22. The molecule has 11 heteroatoms. The Bertz CT molecular complexity index is 1920. The Morgan fingerprint density at radius 2 is 1.76 bits per heavy atom. The molecule has 0 bridgehead atoms. The van der Waals surface area contributed by atoms with Crippen molar-refractivity contribution < 1.29 is 19.4 Å². The summed E-state index contributed by atoms with van der Waals surface area (Å²) in [6.45, 7) is 10.3. The van der Waals surface area contributed by atoms with Crippen molar-refractivity contribution >= 4 is 48.3 Å². The molecule has 0 aliphatic heterocycles. The van der Waals surface area contributed by atoms with Crippen LogP contribution >= 0.6 is 23.2 Å². The highest BCUT2D eigenvalue weighted by Crippen LogP contribution is 2.33. The van der Waals surface area contributed by atoms with Crippen LogP contribution < -0.4 is 4.74 Å². The number of hydrogen-bond donors (Lipinski definition) is 1. The summed E-state index contributed by atoms with van der Waals surface area (Å²) in [6, 6.07) is 19.4. The van der Waals surface area contributed by atoms with E-state index in [-0.39, 0.29) is 0 Å². The zero-order chi connectivity index (χ0) is 32.1. The first kappa shape index (κ1) is 32.3. The van der Waals surface area contributed by atoms with Crippen molar-refractivity contribution in [1.82, 2.24) is 19.1 Å². The molecule has 0 aliphatic carbocycles. The number of benzene rings is 3. The summed E-state index contributed by atoms with van der Waals surface area (Å²) >= 11 is 12.7. The molecular weight excluding hydrogens is 627 g/mol. The minimum absolute atomic E-state index is 0.309. The molecule has 8 nitrogen and oxygen atoms in total. The number of aliphatic carboxylic acids is 1. The van der Waals surface area contributed by atoms with E-state index in [1.54, 1.807) is 30.3 Å². The predicted molar refractivity (Wildman–Crippen MR) is 182 cm³/mol. The van der Waals surface area contributed by atoms with Gasteiger partial charge in [0.25, 0.3) is 0 Å². The Labute approximate surface area is 273 Å². The van der Waals surface area contributed by atoms with E-state index in [0.717, 1.165) is 33.9 Å². The molecule has 1 N–H and O–H groups in total. The zero-order valence-corrected chi connectivity index (χ0v) is 28.1. The van der Waals surface area contributed by atoms with Crippen molar-refractivity contribution in [2.75, 3.05) is 13.2 Å². The van der Waals surface area contributed by atoms with Crippen LogP contribution in [0.1, 0.15) is 18.1 Å². The van der Waals surface area contributed by atoms with Gasteiger partial charge in [0, 0.05) is 49.1 Å². The molecule has 0 amide bonds. The SMILES string of the molecule is CCn1cc(-c2ccc(Cl)cc2Cl)nc1-c1nc2ccc(C#Cc3cccc(OCC(=O)O)c3)cc2n1COCC[Si](C)(C)C. The molecule has 0 aliphatic rings. The average Bonchev–Trinajstić information content (AvgIpc) is 3.58. The van der Waals surface area contributed by atoms with E-state index >= 15 is 0 Å². The first-order valence-corrected chi connectivity index (χ1v) is 19.0. The lowest BCUT2D eigenvalue weighted by molar-refractivity contribution is -0.139. The van der Waals surface area contributed by atoms with Crippen molar-refractivity contribution in [1.29, 1.82) is 0 Å². The molecule has 232 valence electrons. The van der Waals surface area contributed by atoms with Gasteiger partial charge in [-0.05, 0) is 67.6 Å². The second-order valence-electron chi connectivity index (χ2n) is 11.7. The Morgan fingerprint density at radius 3 is 2.47 bits per heavy atom. The van der Waals surface area contributed by atoms with Crippen LogP contribution in [0.2, 0.25) is 35.7 Å². The van der Waals surface area contributed by atoms with Crippen molar-refractivity contribution in [3.63, 3.8) is 0 Å². The summed E-state index contributed by atoms with van der Waals surface area (Å²) in [7, 11) is -1.28. The number of aromatic nitrogens is 4. The standard InChI is InChI=1S/C34H34Cl2N4O4Si/c1-5-39-20-30(27-13-12-25(35)19-28(27)36)38-33(39)34-37-29-14-11-24(18-31(29)40(34)22-43-15-16-45(2,3)4)10-9-23-7-6-8-26(17-23)44-21-32(41)42/h6-8,11-14,17-20H,5,15-16,21-22H2,1-4H3,(H,41,42). The number of carboxylic acids is 1. The van der Waals surface area contributed by atoms with Crippen LogP contribution in [0, 0.1) is 11.8 Å². The van der Waals surface area contributed by atoms with Crippen LogP contribution in [0.4, 0.5) is 0 Å². The van der Waals surface area contributed by atoms with Crippen molar-refractivity contribution in [2.24, 2.45) is 0 Å². The van der Waals surface area contributed by atoms with E-state index in [0.29, 0.717) is 52.9 Å². The number of imidazole rings is 2. The van der Waals surface area contributed by atoms with Crippen LogP contribution in [0.15, 0.2) is 66.9 Å². The second kappa shape index (κ2) is 13.9. The van der Waals surface area contributed by atoms with Gasteiger partial charge < -0.3 is 19.1 Å². The summed E-state index contributed by atoms with van der Waals surface area (Å²) in [4.78, 5) is 20.9. The average molecular weight is 662 g/mol. The number of fused-ring (bicyclic) bond motifs is 1. The predicted octanol–water partition coefficient (Wildman–Crippen LogP) is 8.07. The van der Waals surface area contributed by atoms with Crippen molar-refractivity contribution in [3.05, 3.63) is 88.0 Å². The topological polar surface area (TPSA) is 91.4 Å². The van der Waals surface area contributed by atoms with Gasteiger partial charge in [-0.1, -0.05) is 60.8 Å². The monoisotopic (exact) mass is 660 g/mol. The number of carbonyl (C=O) groups is 1. The summed E-state index contributed by atoms with van der Waals surface area (Å²) in [5, 5.41) is 10.00. The van der Waals surface area contributed by atoms with Crippen LogP contribution in [-0.2, 0) is 22.8 Å². The fourth-order valence-corrected chi connectivity index (χ4v) is 5.91. The third-order valence-corrected chi connectivity index (χ3v) is 9.29. The maximum Gasteiger partial charge on any atom is 0.341 e. The van der Waals surface area contributed by atoms with Crippen molar-refractivity contribution in [3.8, 4) is 40.5 Å². The van der Waals surface area contributed by atoms with E-state index in [2.05, 4.69) is 43.0 Å². The maximum absolute atomic E-state index is 10.9. The lowest BCUT2D eigenvalue weighted by atomic mass is 10.1. The molecule has 2 heterocycles. The minimum atomic E-state index is -1.28. The smallest absolute Gasteiger partial charge is 0.341 e. The quantitative estimate of drug-likeness (QED) is 0.0875. The van der Waals surface area contributed by atoms with Gasteiger partial charge in [0.2, 0.25) is 0 Å². The fourth-order valence-electron chi connectivity index (χ4n) is 4.65. The third-order valence-electron chi connectivity index (χ3n) is 7.04. The number of hydrogen-bond acceptors (Lipinski definition) is 5. The number of nitrogens with zero attached hydrogens (tertiary/aromatic N) is 4. The maximum atomic E-state index is 10.9. The molecule has 0 radical (unpaired) electrons.